The Morgan fingerprint density at radius 1 is 1.03 bits per heavy atom. The van der Waals surface area contributed by atoms with E-state index in [0.29, 0.717) is 11.6 Å². The molecule has 0 saturated heterocycles. The van der Waals surface area contributed by atoms with Gasteiger partial charge in [0.2, 0.25) is 11.8 Å². The molecule has 0 spiro atoms. The molecule has 0 saturated carbocycles. The molecule has 0 fully saturated rings. The van der Waals surface area contributed by atoms with Crippen molar-refractivity contribution in [2.75, 3.05) is 17.4 Å². The van der Waals surface area contributed by atoms with Gasteiger partial charge in [-0.2, -0.15) is 0 Å². The molecule has 0 aliphatic heterocycles. The van der Waals surface area contributed by atoms with Gasteiger partial charge in [0, 0.05) is 22.6 Å². The summed E-state index contributed by atoms with van der Waals surface area (Å²) >= 11 is 9.75. The van der Waals surface area contributed by atoms with Crippen LogP contribution in [0.15, 0.2) is 82.2 Å². The molecule has 0 aliphatic rings. The number of carbonyl (C=O) groups is 2. The zero-order chi connectivity index (χ0) is 27.9. The van der Waals surface area contributed by atoms with Crippen molar-refractivity contribution >= 4 is 55.1 Å². The molecule has 202 valence electrons. The predicted octanol–water partition coefficient (Wildman–Crippen LogP) is 5.55. The molecule has 38 heavy (non-hydrogen) atoms. The number of nitrogens with zero attached hydrogens (tertiary/aromatic N) is 2. The summed E-state index contributed by atoms with van der Waals surface area (Å²) in [7, 11) is -4.13. The first-order chi connectivity index (χ1) is 18.0. The molecule has 0 aliphatic carbocycles. The van der Waals surface area contributed by atoms with E-state index in [2.05, 4.69) is 21.2 Å². The smallest absolute Gasteiger partial charge is 0.264 e. The summed E-state index contributed by atoms with van der Waals surface area (Å²) in [4.78, 5) is 28.2. The van der Waals surface area contributed by atoms with Crippen molar-refractivity contribution in [3.63, 3.8) is 0 Å². The maximum absolute atomic E-state index is 13.8. The van der Waals surface area contributed by atoms with Crippen molar-refractivity contribution in [3.05, 3.63) is 93.4 Å². The monoisotopic (exact) mass is 619 g/mol. The van der Waals surface area contributed by atoms with Gasteiger partial charge < -0.3 is 10.2 Å². The molecule has 7 nitrogen and oxygen atoms in total. The van der Waals surface area contributed by atoms with Crippen molar-refractivity contribution in [1.29, 1.82) is 0 Å². The van der Waals surface area contributed by atoms with Crippen LogP contribution < -0.4 is 9.62 Å². The molecule has 10 heteroatoms. The number of rotatable bonds is 11. The number of aryl methyl sites for hydroxylation is 1. The van der Waals surface area contributed by atoms with E-state index in [1.165, 1.54) is 23.1 Å². The number of anilines is 1. The van der Waals surface area contributed by atoms with Crippen LogP contribution in [0.2, 0.25) is 5.02 Å². The van der Waals surface area contributed by atoms with Gasteiger partial charge in [-0.15, -0.1) is 0 Å². The van der Waals surface area contributed by atoms with E-state index in [1.54, 1.807) is 37.3 Å². The number of hydrogen-bond acceptors (Lipinski definition) is 4. The zero-order valence-corrected chi connectivity index (χ0v) is 24.7. The van der Waals surface area contributed by atoms with Gasteiger partial charge in [-0.25, -0.2) is 8.42 Å². The van der Waals surface area contributed by atoms with Gasteiger partial charge in [0.15, 0.2) is 0 Å². The average molecular weight is 621 g/mol. The molecule has 3 aromatic rings. The van der Waals surface area contributed by atoms with Crippen molar-refractivity contribution in [1.82, 2.24) is 10.2 Å². The van der Waals surface area contributed by atoms with E-state index in [4.69, 9.17) is 11.6 Å². The van der Waals surface area contributed by atoms with Gasteiger partial charge >= 0.3 is 0 Å². The van der Waals surface area contributed by atoms with Crippen molar-refractivity contribution < 1.29 is 18.0 Å². The third-order valence-electron chi connectivity index (χ3n) is 6.04. The Bertz CT molecular complexity index is 1370. The normalized spacial score (nSPS) is 12.0. The number of halogens is 2. The summed E-state index contributed by atoms with van der Waals surface area (Å²) in [5.41, 5.74) is 1.83. The quantitative estimate of drug-likeness (QED) is 0.305. The van der Waals surface area contributed by atoms with Gasteiger partial charge in [0.1, 0.15) is 12.6 Å². The average Bonchev–Trinajstić information content (AvgIpc) is 2.91. The lowest BCUT2D eigenvalue weighted by Crippen LogP contribution is -2.51. The highest BCUT2D eigenvalue weighted by atomic mass is 79.9. The Morgan fingerprint density at radius 3 is 2.29 bits per heavy atom. The SMILES string of the molecule is CCCNC(=O)[C@@H](C)N(Cc1ccc(Br)cc1)C(=O)CN(c1ccc(C)c(Cl)c1)S(=O)(=O)c1ccccc1. The molecule has 0 radical (unpaired) electrons. The zero-order valence-electron chi connectivity index (χ0n) is 21.5. The summed E-state index contributed by atoms with van der Waals surface area (Å²) in [5.74, 6) is -0.837. The highest BCUT2D eigenvalue weighted by molar-refractivity contribution is 9.10. The first kappa shape index (κ1) is 29.7. The minimum Gasteiger partial charge on any atom is -0.354 e. The summed E-state index contributed by atoms with van der Waals surface area (Å²) in [6.07, 6.45) is 0.746. The van der Waals surface area contributed by atoms with Crippen LogP contribution in [-0.2, 0) is 26.2 Å². The summed E-state index contributed by atoms with van der Waals surface area (Å²) < 4.78 is 29.4. The van der Waals surface area contributed by atoms with E-state index >= 15 is 0 Å². The fourth-order valence-electron chi connectivity index (χ4n) is 3.75. The Labute approximate surface area is 238 Å². The Hall–Kier alpha value is -2.88. The van der Waals surface area contributed by atoms with Gasteiger partial charge in [-0.1, -0.05) is 70.9 Å². The number of hydrogen-bond donors (Lipinski definition) is 1. The summed E-state index contributed by atoms with van der Waals surface area (Å²) in [6.45, 7) is 5.47. The second-order valence-electron chi connectivity index (χ2n) is 8.87. The van der Waals surface area contributed by atoms with Gasteiger partial charge in [0.05, 0.1) is 10.6 Å². The third-order valence-corrected chi connectivity index (χ3v) is 8.76. The second kappa shape index (κ2) is 13.3. The molecule has 1 atom stereocenters. The maximum Gasteiger partial charge on any atom is 0.264 e. The standard InChI is InChI=1S/C28H31BrClN3O4S/c1-4-16-31-28(35)21(3)32(18-22-11-13-23(29)14-12-22)27(34)19-33(24-15-10-20(2)26(30)17-24)38(36,37)25-8-6-5-7-9-25/h5-15,17,21H,4,16,18-19H2,1-3H3,(H,31,35)/t21-/m1/s1. The molecule has 3 rings (SSSR count). The molecule has 1 N–H and O–H groups in total. The molecule has 2 amide bonds. The van der Waals surface area contributed by atoms with E-state index in [9.17, 15) is 18.0 Å². The van der Waals surface area contributed by atoms with Crippen LogP contribution in [0, 0.1) is 6.92 Å². The maximum atomic E-state index is 13.8. The Balaban J connectivity index is 2.02. The molecule has 0 heterocycles. The highest BCUT2D eigenvalue weighted by Crippen LogP contribution is 2.28. The minimum absolute atomic E-state index is 0.0395. The fourth-order valence-corrected chi connectivity index (χ4v) is 5.62. The highest BCUT2D eigenvalue weighted by Gasteiger charge is 2.32. The van der Waals surface area contributed by atoms with Crippen LogP contribution in [0.25, 0.3) is 0 Å². The van der Waals surface area contributed by atoms with Crippen LogP contribution in [0.3, 0.4) is 0 Å². The first-order valence-corrected chi connectivity index (χ1v) is 14.8. The predicted molar refractivity (Wildman–Crippen MR) is 155 cm³/mol. The van der Waals surface area contributed by atoms with E-state index in [0.717, 1.165) is 26.3 Å². The first-order valence-electron chi connectivity index (χ1n) is 12.2. The van der Waals surface area contributed by atoms with Crippen LogP contribution in [0.4, 0.5) is 5.69 Å². The van der Waals surface area contributed by atoms with Gasteiger partial charge in [-0.05, 0) is 67.8 Å². The summed E-state index contributed by atoms with van der Waals surface area (Å²) in [5, 5.41) is 3.20. The van der Waals surface area contributed by atoms with Crippen LogP contribution in [0.1, 0.15) is 31.4 Å². The lowest BCUT2D eigenvalue weighted by molar-refractivity contribution is -0.139. The van der Waals surface area contributed by atoms with E-state index in [1.807, 2.05) is 38.1 Å². The summed E-state index contributed by atoms with van der Waals surface area (Å²) in [6, 6.07) is 19.3. The molecule has 0 unspecified atom stereocenters. The lowest BCUT2D eigenvalue weighted by atomic mass is 10.1. The van der Waals surface area contributed by atoms with Gasteiger partial charge in [0.25, 0.3) is 10.0 Å². The van der Waals surface area contributed by atoms with Crippen LogP contribution in [0.5, 0.6) is 0 Å². The molecular weight excluding hydrogens is 590 g/mol. The van der Waals surface area contributed by atoms with Crippen molar-refractivity contribution in [3.8, 4) is 0 Å². The van der Waals surface area contributed by atoms with E-state index in [-0.39, 0.29) is 23.0 Å². The third kappa shape index (κ3) is 7.36. The molecule has 0 bridgehead atoms. The van der Waals surface area contributed by atoms with Crippen molar-refractivity contribution in [2.45, 2.75) is 44.7 Å². The Kier molecular flexibility index (Phi) is 10.4. The van der Waals surface area contributed by atoms with Crippen molar-refractivity contribution in [2.24, 2.45) is 0 Å². The molecule has 3 aromatic carbocycles. The van der Waals surface area contributed by atoms with Crippen LogP contribution >= 0.6 is 27.5 Å². The number of carbonyl (C=O) groups excluding carboxylic acids is 2. The minimum atomic E-state index is -4.13. The number of benzene rings is 3. The topological polar surface area (TPSA) is 86.8 Å². The molecular formula is C28H31BrClN3O4S. The lowest BCUT2D eigenvalue weighted by Gasteiger charge is -2.32. The number of sulfonamides is 1. The fraction of sp³-hybridized carbons (Fsp3) is 0.286. The second-order valence-corrected chi connectivity index (χ2v) is 12.1. The van der Waals surface area contributed by atoms with Gasteiger partial charge in [-0.3, -0.25) is 13.9 Å². The largest absolute Gasteiger partial charge is 0.354 e. The Morgan fingerprint density at radius 2 is 1.68 bits per heavy atom. The number of nitrogens with one attached hydrogen (secondary N) is 1. The van der Waals surface area contributed by atoms with Crippen LogP contribution in [-0.4, -0.2) is 44.3 Å². The van der Waals surface area contributed by atoms with E-state index < -0.39 is 28.5 Å². The molecule has 0 aromatic heterocycles. The number of amides is 2.